The van der Waals surface area contributed by atoms with Crippen molar-refractivity contribution in [3.05, 3.63) is 41.9 Å². The molecule has 33 heavy (non-hydrogen) atoms. The molecule has 3 aliphatic rings. The molecule has 1 spiro atoms. The number of aliphatic hydroxyl groups is 1. The lowest BCUT2D eigenvalue weighted by atomic mass is 9.70. The number of hydrogen-bond acceptors (Lipinski definition) is 6. The number of carbonyl (C=O) groups is 3. The molecule has 2 bridgehead atoms. The van der Waals surface area contributed by atoms with Gasteiger partial charge in [0, 0.05) is 19.7 Å². The van der Waals surface area contributed by atoms with E-state index in [4.69, 9.17) is 21.1 Å². The molecule has 3 fully saturated rings. The summed E-state index contributed by atoms with van der Waals surface area (Å²) >= 11 is 6.41. The first-order valence-electron chi connectivity index (χ1n) is 11.3. The summed E-state index contributed by atoms with van der Waals surface area (Å²) in [5, 5.41) is 9.82. The molecule has 3 heterocycles. The second-order valence-corrected chi connectivity index (χ2v) is 9.01. The van der Waals surface area contributed by atoms with E-state index in [0.29, 0.717) is 30.0 Å². The number of likely N-dealkylation sites (tertiary alicyclic amines) is 1. The Kier molecular flexibility index (Phi) is 6.79. The van der Waals surface area contributed by atoms with Crippen LogP contribution in [0.25, 0.3) is 0 Å². The summed E-state index contributed by atoms with van der Waals surface area (Å²) < 4.78 is 11.6. The molecule has 178 valence electrons. The number of fused-ring (bicyclic) bond motifs is 1. The van der Waals surface area contributed by atoms with Gasteiger partial charge in [0.05, 0.1) is 35.3 Å². The minimum atomic E-state index is -1.12. The monoisotopic (exact) mass is 476 g/mol. The van der Waals surface area contributed by atoms with Crippen molar-refractivity contribution in [1.29, 1.82) is 0 Å². The Balaban J connectivity index is 1.77. The van der Waals surface area contributed by atoms with Crippen molar-refractivity contribution in [1.82, 2.24) is 4.90 Å². The van der Waals surface area contributed by atoms with Crippen LogP contribution in [0.1, 0.15) is 26.2 Å². The van der Waals surface area contributed by atoms with E-state index in [1.54, 1.807) is 37.3 Å². The van der Waals surface area contributed by atoms with Gasteiger partial charge in [-0.25, -0.2) is 0 Å². The molecule has 1 N–H and O–H groups in total. The number of anilines is 1. The molecule has 8 nitrogen and oxygen atoms in total. The van der Waals surface area contributed by atoms with Gasteiger partial charge in [0.25, 0.3) is 5.91 Å². The van der Waals surface area contributed by atoms with Crippen LogP contribution in [0.4, 0.5) is 5.69 Å². The van der Waals surface area contributed by atoms with Crippen LogP contribution in [0, 0.1) is 11.8 Å². The fourth-order valence-corrected chi connectivity index (χ4v) is 5.91. The van der Waals surface area contributed by atoms with E-state index in [0.717, 1.165) is 0 Å². The number of amides is 2. The molecular weight excluding hydrogens is 448 g/mol. The zero-order valence-electron chi connectivity index (χ0n) is 18.6. The van der Waals surface area contributed by atoms with Crippen LogP contribution in [-0.4, -0.2) is 71.8 Å². The minimum Gasteiger partial charge on any atom is -0.466 e. The van der Waals surface area contributed by atoms with Crippen LogP contribution < -0.4 is 4.90 Å². The lowest BCUT2D eigenvalue weighted by Crippen LogP contribution is -2.56. The molecule has 0 aromatic heterocycles. The molecule has 0 unspecified atom stereocenters. The Labute approximate surface area is 198 Å². The van der Waals surface area contributed by atoms with Crippen LogP contribution in [0.15, 0.2) is 36.9 Å². The summed E-state index contributed by atoms with van der Waals surface area (Å²) in [4.78, 5) is 43.5. The van der Waals surface area contributed by atoms with Crippen molar-refractivity contribution in [2.24, 2.45) is 11.8 Å². The van der Waals surface area contributed by atoms with E-state index in [-0.39, 0.29) is 38.1 Å². The highest BCUT2D eigenvalue weighted by Gasteiger charge is 2.75. The van der Waals surface area contributed by atoms with Gasteiger partial charge >= 0.3 is 5.97 Å². The van der Waals surface area contributed by atoms with E-state index < -0.39 is 35.6 Å². The Morgan fingerprint density at radius 1 is 1.42 bits per heavy atom. The van der Waals surface area contributed by atoms with Gasteiger partial charge in [-0.15, -0.1) is 6.58 Å². The SMILES string of the molecule is C=CCN(C(=O)[C@@H]1N(CCCO)C(=O)[C@H]2[C@H](C(=O)OCC)[C@@H]3CC[C@]12O3)c1ccccc1Cl. The second-order valence-electron chi connectivity index (χ2n) is 8.61. The van der Waals surface area contributed by atoms with Gasteiger partial charge in [0.1, 0.15) is 11.6 Å². The number of halogens is 1. The maximum Gasteiger partial charge on any atom is 0.312 e. The topological polar surface area (TPSA) is 96.4 Å². The Hall–Kier alpha value is -2.42. The van der Waals surface area contributed by atoms with E-state index in [2.05, 4.69) is 6.58 Å². The van der Waals surface area contributed by atoms with Gasteiger partial charge in [-0.2, -0.15) is 0 Å². The van der Waals surface area contributed by atoms with Crippen molar-refractivity contribution in [2.45, 2.75) is 43.9 Å². The largest absolute Gasteiger partial charge is 0.466 e. The minimum absolute atomic E-state index is 0.131. The van der Waals surface area contributed by atoms with Gasteiger partial charge in [-0.3, -0.25) is 14.4 Å². The van der Waals surface area contributed by atoms with Gasteiger partial charge in [0.2, 0.25) is 5.91 Å². The number of nitrogens with zero attached hydrogens (tertiary/aromatic N) is 2. The molecule has 2 amide bonds. The second kappa shape index (κ2) is 9.44. The number of aliphatic hydroxyl groups excluding tert-OH is 1. The molecule has 1 aromatic rings. The van der Waals surface area contributed by atoms with Crippen molar-refractivity contribution in [2.75, 3.05) is 31.2 Å². The zero-order chi connectivity index (χ0) is 23.8. The smallest absolute Gasteiger partial charge is 0.312 e. The van der Waals surface area contributed by atoms with Crippen LogP contribution in [0.2, 0.25) is 5.02 Å². The molecule has 9 heteroatoms. The number of esters is 1. The molecule has 3 saturated heterocycles. The maximum atomic E-state index is 14.1. The number of hydrogen-bond donors (Lipinski definition) is 1. The van der Waals surface area contributed by atoms with Gasteiger partial charge in [-0.1, -0.05) is 29.8 Å². The van der Waals surface area contributed by atoms with E-state index in [1.165, 1.54) is 9.80 Å². The van der Waals surface area contributed by atoms with E-state index in [9.17, 15) is 19.5 Å². The third kappa shape index (κ3) is 3.74. The summed E-state index contributed by atoms with van der Waals surface area (Å²) in [5.41, 5.74) is -0.611. The predicted octanol–water partition coefficient (Wildman–Crippen LogP) is 2.18. The number of ether oxygens (including phenoxy) is 2. The van der Waals surface area contributed by atoms with Crippen LogP contribution in [0.5, 0.6) is 0 Å². The highest BCUT2D eigenvalue weighted by molar-refractivity contribution is 6.34. The van der Waals surface area contributed by atoms with Gasteiger partial charge in [0.15, 0.2) is 0 Å². The number of carbonyl (C=O) groups excluding carboxylic acids is 3. The van der Waals surface area contributed by atoms with Crippen molar-refractivity contribution in [3.8, 4) is 0 Å². The Morgan fingerprint density at radius 2 is 2.18 bits per heavy atom. The third-order valence-corrected chi connectivity index (χ3v) is 7.19. The third-order valence-electron chi connectivity index (χ3n) is 6.87. The standard InChI is InChI=1S/C24H29ClN2O6/c1-3-12-26(16-9-6-5-8-15(16)25)22(30)20-24-11-10-17(33-24)18(23(31)32-4-2)19(24)21(29)27(20)13-7-14-28/h3,5-6,8-9,17-20,28H,1,4,7,10-14H2,2H3/t17-,18+,19+,20-,24+/m0/s1. The van der Waals surface area contributed by atoms with E-state index >= 15 is 0 Å². The van der Waals surface area contributed by atoms with Crippen molar-refractivity contribution in [3.63, 3.8) is 0 Å². The number of rotatable bonds is 9. The van der Waals surface area contributed by atoms with Crippen molar-refractivity contribution >= 4 is 35.1 Å². The fraction of sp³-hybridized carbons (Fsp3) is 0.542. The lowest BCUT2D eigenvalue weighted by molar-refractivity contribution is -0.154. The average Bonchev–Trinajstić information content (AvgIpc) is 3.44. The zero-order valence-corrected chi connectivity index (χ0v) is 19.4. The molecule has 4 rings (SSSR count). The highest BCUT2D eigenvalue weighted by atomic mass is 35.5. The Morgan fingerprint density at radius 3 is 2.85 bits per heavy atom. The first-order valence-corrected chi connectivity index (χ1v) is 11.7. The molecule has 1 aromatic carbocycles. The normalized spacial score (nSPS) is 29.8. The summed E-state index contributed by atoms with van der Waals surface area (Å²) in [6, 6.07) is 6.04. The fourth-order valence-electron chi connectivity index (χ4n) is 5.67. The molecule has 3 aliphatic heterocycles. The van der Waals surface area contributed by atoms with Crippen LogP contribution in [-0.2, 0) is 23.9 Å². The van der Waals surface area contributed by atoms with Crippen molar-refractivity contribution < 1.29 is 29.0 Å². The summed E-state index contributed by atoms with van der Waals surface area (Å²) in [6.45, 7) is 5.93. The quantitative estimate of drug-likeness (QED) is 0.433. The van der Waals surface area contributed by atoms with Gasteiger partial charge in [-0.05, 0) is 38.3 Å². The highest BCUT2D eigenvalue weighted by Crippen LogP contribution is 2.59. The summed E-state index contributed by atoms with van der Waals surface area (Å²) in [6.07, 6.45) is 2.50. The molecular formula is C24H29ClN2O6. The molecule has 5 atom stereocenters. The molecule has 0 radical (unpaired) electrons. The summed E-state index contributed by atoms with van der Waals surface area (Å²) in [5.74, 6) is -2.65. The first-order chi connectivity index (χ1) is 15.9. The predicted molar refractivity (Wildman–Crippen MR) is 122 cm³/mol. The summed E-state index contributed by atoms with van der Waals surface area (Å²) in [7, 11) is 0. The number of para-hydroxylation sites is 1. The molecule has 0 saturated carbocycles. The average molecular weight is 477 g/mol. The van der Waals surface area contributed by atoms with E-state index in [1.807, 2.05) is 0 Å². The molecule has 0 aliphatic carbocycles. The van der Waals surface area contributed by atoms with Crippen LogP contribution >= 0.6 is 11.6 Å². The maximum absolute atomic E-state index is 14.1. The number of benzene rings is 1. The van der Waals surface area contributed by atoms with Crippen LogP contribution in [0.3, 0.4) is 0 Å². The van der Waals surface area contributed by atoms with Gasteiger partial charge < -0.3 is 24.4 Å². The first kappa shape index (κ1) is 23.7. The Bertz CT molecular complexity index is 955. The lowest BCUT2D eigenvalue weighted by Gasteiger charge is -2.37.